The highest BCUT2D eigenvalue weighted by atomic mass is 32.1. The average Bonchev–Trinajstić information content (AvgIpc) is 3.26. The van der Waals surface area contributed by atoms with E-state index < -0.39 is 0 Å². The van der Waals surface area contributed by atoms with Crippen LogP contribution < -0.4 is 0 Å². The molecule has 1 unspecified atom stereocenters. The maximum atomic E-state index is 12.6. The van der Waals surface area contributed by atoms with Crippen LogP contribution in [0, 0.1) is 5.41 Å². The van der Waals surface area contributed by atoms with Gasteiger partial charge in [0.2, 0.25) is 0 Å². The quantitative estimate of drug-likeness (QED) is 0.860. The molecule has 2 aliphatic heterocycles. The number of carbonyl (C=O) groups excluding carboxylic acids is 1. The van der Waals surface area contributed by atoms with Crippen LogP contribution in [0.1, 0.15) is 35.3 Å². The summed E-state index contributed by atoms with van der Waals surface area (Å²) >= 11 is 1.48. The number of thiazole rings is 1. The molecule has 4 rings (SSSR count). The summed E-state index contributed by atoms with van der Waals surface area (Å²) in [5.41, 5.74) is 3.85. The summed E-state index contributed by atoms with van der Waals surface area (Å²) in [6, 6.07) is 4.13. The van der Waals surface area contributed by atoms with Crippen molar-refractivity contribution in [2.45, 2.75) is 25.8 Å². The van der Waals surface area contributed by atoms with E-state index >= 15 is 0 Å². The Morgan fingerprint density at radius 3 is 3.04 bits per heavy atom. The van der Waals surface area contributed by atoms with E-state index in [2.05, 4.69) is 20.9 Å². The molecular formula is C18H22N4OS. The molecule has 2 aliphatic rings. The molecule has 2 aromatic heterocycles. The van der Waals surface area contributed by atoms with Gasteiger partial charge in [-0.3, -0.25) is 14.7 Å². The highest BCUT2D eigenvalue weighted by Gasteiger charge is 2.42. The topological polar surface area (TPSA) is 49.3 Å². The molecule has 1 amide bonds. The molecule has 1 spiro atoms. The lowest BCUT2D eigenvalue weighted by atomic mass is 9.79. The first-order chi connectivity index (χ1) is 11.7. The number of hydrogen-bond donors (Lipinski definition) is 0. The maximum absolute atomic E-state index is 12.6. The van der Waals surface area contributed by atoms with Crippen molar-refractivity contribution in [1.82, 2.24) is 19.8 Å². The number of rotatable bonds is 3. The van der Waals surface area contributed by atoms with Crippen LogP contribution in [0.5, 0.6) is 0 Å². The number of pyridine rings is 1. The second-order valence-electron chi connectivity index (χ2n) is 7.03. The molecular weight excluding hydrogens is 320 g/mol. The van der Waals surface area contributed by atoms with Crippen molar-refractivity contribution in [3.8, 4) is 0 Å². The highest BCUT2D eigenvalue weighted by Crippen LogP contribution is 2.39. The van der Waals surface area contributed by atoms with Crippen LogP contribution in [0.2, 0.25) is 0 Å². The first-order valence-corrected chi connectivity index (χ1v) is 9.47. The van der Waals surface area contributed by atoms with Crippen molar-refractivity contribution in [3.63, 3.8) is 0 Å². The predicted molar refractivity (Wildman–Crippen MR) is 93.8 cm³/mol. The Kier molecular flexibility index (Phi) is 4.33. The fraction of sp³-hybridized carbons (Fsp3) is 0.500. The largest absolute Gasteiger partial charge is 0.337 e. The van der Waals surface area contributed by atoms with E-state index in [0.717, 1.165) is 39.1 Å². The van der Waals surface area contributed by atoms with Crippen molar-refractivity contribution in [1.29, 1.82) is 0 Å². The second kappa shape index (κ2) is 6.61. The van der Waals surface area contributed by atoms with Crippen molar-refractivity contribution < 1.29 is 4.79 Å². The molecule has 6 heteroatoms. The number of hydrogen-bond acceptors (Lipinski definition) is 5. The Bertz CT molecular complexity index is 690. The molecule has 0 saturated carbocycles. The van der Waals surface area contributed by atoms with Gasteiger partial charge in [-0.1, -0.05) is 6.07 Å². The van der Waals surface area contributed by atoms with Crippen LogP contribution in [0.4, 0.5) is 0 Å². The van der Waals surface area contributed by atoms with Gasteiger partial charge in [-0.25, -0.2) is 4.98 Å². The number of likely N-dealkylation sites (tertiary alicyclic amines) is 2. The molecule has 0 radical (unpaired) electrons. The number of piperidine rings is 1. The second-order valence-corrected chi connectivity index (χ2v) is 7.74. The minimum absolute atomic E-state index is 0.0982. The highest BCUT2D eigenvalue weighted by molar-refractivity contribution is 7.07. The van der Waals surface area contributed by atoms with E-state index in [-0.39, 0.29) is 11.3 Å². The lowest BCUT2D eigenvalue weighted by Gasteiger charge is -2.40. The van der Waals surface area contributed by atoms with Gasteiger partial charge in [-0.15, -0.1) is 11.3 Å². The summed E-state index contributed by atoms with van der Waals surface area (Å²) in [5, 5.41) is 1.85. The Balaban J connectivity index is 1.41. The summed E-state index contributed by atoms with van der Waals surface area (Å²) < 4.78 is 0. The third-order valence-corrected chi connectivity index (χ3v) is 5.83. The molecule has 0 bridgehead atoms. The predicted octanol–water partition coefficient (Wildman–Crippen LogP) is 2.67. The van der Waals surface area contributed by atoms with Crippen LogP contribution in [-0.2, 0) is 6.54 Å². The van der Waals surface area contributed by atoms with Gasteiger partial charge in [-0.05, 0) is 37.4 Å². The van der Waals surface area contributed by atoms with Crippen LogP contribution in [0.15, 0.2) is 35.4 Å². The normalized spacial score (nSPS) is 24.6. The van der Waals surface area contributed by atoms with Gasteiger partial charge < -0.3 is 4.90 Å². The minimum atomic E-state index is 0.0982. The molecule has 0 N–H and O–H groups in total. The van der Waals surface area contributed by atoms with Crippen molar-refractivity contribution in [2.75, 3.05) is 26.2 Å². The Morgan fingerprint density at radius 1 is 1.29 bits per heavy atom. The first kappa shape index (κ1) is 15.7. The number of nitrogens with zero attached hydrogens (tertiary/aromatic N) is 4. The fourth-order valence-corrected chi connectivity index (χ4v) is 4.63. The zero-order valence-electron chi connectivity index (χ0n) is 13.7. The molecule has 2 aromatic rings. The van der Waals surface area contributed by atoms with Gasteiger partial charge in [0.05, 0.1) is 5.51 Å². The lowest BCUT2D eigenvalue weighted by Crippen LogP contribution is -2.47. The SMILES string of the molecule is O=C(c1cscn1)N1CCCC2(CCN(Cc3cccnc3)C2)C1. The molecule has 4 heterocycles. The van der Waals surface area contributed by atoms with E-state index in [0.29, 0.717) is 5.69 Å². The Hall–Kier alpha value is -1.79. The lowest BCUT2D eigenvalue weighted by molar-refractivity contribution is 0.0522. The van der Waals surface area contributed by atoms with Gasteiger partial charge in [0.15, 0.2) is 0 Å². The van der Waals surface area contributed by atoms with Gasteiger partial charge in [0, 0.05) is 49.4 Å². The van der Waals surface area contributed by atoms with E-state index in [1.165, 1.54) is 29.7 Å². The maximum Gasteiger partial charge on any atom is 0.273 e. The summed E-state index contributed by atoms with van der Waals surface area (Å²) in [6.45, 7) is 4.86. The molecule has 2 fully saturated rings. The molecule has 24 heavy (non-hydrogen) atoms. The number of carbonyl (C=O) groups is 1. The van der Waals surface area contributed by atoms with Crippen LogP contribution in [0.3, 0.4) is 0 Å². The minimum Gasteiger partial charge on any atom is -0.337 e. The van der Waals surface area contributed by atoms with Gasteiger partial charge in [-0.2, -0.15) is 0 Å². The van der Waals surface area contributed by atoms with Crippen molar-refractivity contribution in [2.24, 2.45) is 5.41 Å². The van der Waals surface area contributed by atoms with Crippen LogP contribution in [0.25, 0.3) is 0 Å². The summed E-state index contributed by atoms with van der Waals surface area (Å²) in [4.78, 5) is 25.5. The van der Waals surface area contributed by atoms with Gasteiger partial charge >= 0.3 is 0 Å². The fourth-order valence-electron chi connectivity index (χ4n) is 4.11. The zero-order valence-corrected chi connectivity index (χ0v) is 14.5. The van der Waals surface area contributed by atoms with E-state index in [1.807, 2.05) is 28.7 Å². The van der Waals surface area contributed by atoms with Gasteiger partial charge in [0.1, 0.15) is 5.69 Å². The van der Waals surface area contributed by atoms with E-state index in [1.54, 1.807) is 5.51 Å². The molecule has 2 saturated heterocycles. The average molecular weight is 342 g/mol. The van der Waals surface area contributed by atoms with Crippen molar-refractivity contribution >= 4 is 17.2 Å². The smallest absolute Gasteiger partial charge is 0.273 e. The van der Waals surface area contributed by atoms with E-state index in [9.17, 15) is 4.79 Å². The number of amides is 1. The molecule has 126 valence electrons. The van der Waals surface area contributed by atoms with E-state index in [4.69, 9.17) is 0 Å². The first-order valence-electron chi connectivity index (χ1n) is 8.53. The Morgan fingerprint density at radius 2 is 2.25 bits per heavy atom. The number of aromatic nitrogens is 2. The third-order valence-electron chi connectivity index (χ3n) is 5.25. The molecule has 0 aliphatic carbocycles. The van der Waals surface area contributed by atoms with Crippen molar-refractivity contribution in [3.05, 3.63) is 46.7 Å². The summed E-state index contributed by atoms with van der Waals surface area (Å²) in [5.74, 6) is 0.0982. The third kappa shape index (κ3) is 3.21. The summed E-state index contributed by atoms with van der Waals surface area (Å²) in [7, 11) is 0. The summed E-state index contributed by atoms with van der Waals surface area (Å²) in [6.07, 6.45) is 7.25. The van der Waals surface area contributed by atoms with Crippen LogP contribution >= 0.6 is 11.3 Å². The Labute approximate surface area is 146 Å². The van der Waals surface area contributed by atoms with Crippen LogP contribution in [-0.4, -0.2) is 51.9 Å². The van der Waals surface area contributed by atoms with Gasteiger partial charge in [0.25, 0.3) is 5.91 Å². The molecule has 5 nitrogen and oxygen atoms in total. The zero-order chi connectivity index (χ0) is 16.4. The monoisotopic (exact) mass is 342 g/mol. The molecule has 1 atom stereocenters. The standard InChI is InChI=1S/C18H22N4OS/c23-17(16-11-24-14-20-16)22-7-2-4-18(13-22)5-8-21(12-18)10-15-3-1-6-19-9-15/h1,3,6,9,11,14H,2,4-5,7-8,10,12-13H2. The molecule has 0 aromatic carbocycles.